The number of rotatable bonds is 10. The molecule has 0 aromatic carbocycles. The normalized spacial score (nSPS) is 14.5. The number of hydrogen-bond acceptors (Lipinski definition) is 2. The maximum absolute atomic E-state index is 3.85. The zero-order valence-electron chi connectivity index (χ0n) is 13.8. The zero-order valence-corrected chi connectivity index (χ0v) is 13.8. The van der Waals surface area contributed by atoms with Crippen LogP contribution in [0, 0.1) is 5.92 Å². The predicted octanol–water partition coefficient (Wildman–Crippen LogP) is 3.91. The van der Waals surface area contributed by atoms with Crippen molar-refractivity contribution in [3.63, 3.8) is 0 Å². The average Bonchev–Trinajstić information content (AvgIpc) is 2.37. The fourth-order valence-corrected chi connectivity index (χ4v) is 3.46. The smallest absolute Gasteiger partial charge is 0.0353 e. The Bertz CT molecular complexity index is 193. The molecule has 0 fully saturated rings. The SMILES string of the molecule is CCCNC(C(CC)CC)C(CC)(CC)N(C)C. The van der Waals surface area contributed by atoms with Crippen molar-refractivity contribution in [2.45, 2.75) is 78.3 Å². The van der Waals surface area contributed by atoms with Gasteiger partial charge in [-0.25, -0.2) is 0 Å². The van der Waals surface area contributed by atoms with Crippen LogP contribution in [0.4, 0.5) is 0 Å². The first-order valence-electron chi connectivity index (χ1n) is 7.94. The lowest BCUT2D eigenvalue weighted by atomic mass is 9.75. The third-order valence-electron chi connectivity index (χ3n) is 4.83. The summed E-state index contributed by atoms with van der Waals surface area (Å²) >= 11 is 0. The first kappa shape index (κ1) is 17.9. The van der Waals surface area contributed by atoms with Crippen LogP contribution >= 0.6 is 0 Å². The summed E-state index contributed by atoms with van der Waals surface area (Å²) < 4.78 is 0. The summed E-state index contributed by atoms with van der Waals surface area (Å²) in [6, 6.07) is 0.609. The van der Waals surface area contributed by atoms with Gasteiger partial charge in [-0.15, -0.1) is 0 Å². The van der Waals surface area contributed by atoms with E-state index in [2.05, 4.69) is 58.9 Å². The van der Waals surface area contributed by atoms with Crippen LogP contribution in [0.25, 0.3) is 0 Å². The molecule has 2 heteroatoms. The Hall–Kier alpha value is -0.0800. The van der Waals surface area contributed by atoms with Crippen molar-refractivity contribution in [2.75, 3.05) is 20.6 Å². The van der Waals surface area contributed by atoms with Crippen LogP contribution < -0.4 is 5.32 Å². The molecule has 0 amide bonds. The van der Waals surface area contributed by atoms with Gasteiger partial charge in [0.25, 0.3) is 0 Å². The van der Waals surface area contributed by atoms with E-state index in [-0.39, 0.29) is 0 Å². The van der Waals surface area contributed by atoms with Crippen molar-refractivity contribution in [3.05, 3.63) is 0 Å². The first-order chi connectivity index (χ1) is 8.53. The predicted molar refractivity (Wildman–Crippen MR) is 83.2 cm³/mol. The van der Waals surface area contributed by atoms with Crippen molar-refractivity contribution in [3.8, 4) is 0 Å². The molecule has 0 saturated carbocycles. The average molecular weight is 256 g/mol. The van der Waals surface area contributed by atoms with Gasteiger partial charge in [0.1, 0.15) is 0 Å². The van der Waals surface area contributed by atoms with Gasteiger partial charge in [0.2, 0.25) is 0 Å². The monoisotopic (exact) mass is 256 g/mol. The highest BCUT2D eigenvalue weighted by atomic mass is 15.2. The van der Waals surface area contributed by atoms with Gasteiger partial charge in [-0.05, 0) is 45.8 Å². The summed E-state index contributed by atoms with van der Waals surface area (Å²) in [5, 5.41) is 3.85. The molecule has 0 aromatic heterocycles. The van der Waals surface area contributed by atoms with E-state index in [9.17, 15) is 0 Å². The third kappa shape index (κ3) is 3.96. The minimum atomic E-state index is 0.297. The maximum atomic E-state index is 3.85. The summed E-state index contributed by atoms with van der Waals surface area (Å²) in [5.74, 6) is 0.777. The third-order valence-corrected chi connectivity index (χ3v) is 4.83. The van der Waals surface area contributed by atoms with Gasteiger partial charge < -0.3 is 10.2 Å². The second-order valence-electron chi connectivity index (χ2n) is 5.71. The Balaban J connectivity index is 5.20. The lowest BCUT2D eigenvalue weighted by molar-refractivity contribution is 0.0566. The second-order valence-corrected chi connectivity index (χ2v) is 5.71. The van der Waals surface area contributed by atoms with Crippen molar-refractivity contribution in [2.24, 2.45) is 5.92 Å². The molecule has 0 heterocycles. The molecule has 0 spiro atoms. The number of nitrogens with one attached hydrogen (secondary N) is 1. The highest BCUT2D eigenvalue weighted by Crippen LogP contribution is 2.32. The summed E-state index contributed by atoms with van der Waals surface area (Å²) in [6.07, 6.45) is 6.19. The molecule has 0 rings (SSSR count). The fraction of sp³-hybridized carbons (Fsp3) is 1.00. The van der Waals surface area contributed by atoms with Crippen LogP contribution in [0.1, 0.15) is 66.7 Å². The van der Waals surface area contributed by atoms with E-state index in [0.717, 1.165) is 12.5 Å². The van der Waals surface area contributed by atoms with Gasteiger partial charge >= 0.3 is 0 Å². The van der Waals surface area contributed by atoms with Gasteiger partial charge in [-0.1, -0.05) is 47.5 Å². The summed E-state index contributed by atoms with van der Waals surface area (Å²) in [5.41, 5.74) is 0.297. The van der Waals surface area contributed by atoms with E-state index in [4.69, 9.17) is 0 Å². The van der Waals surface area contributed by atoms with Crippen molar-refractivity contribution in [1.29, 1.82) is 0 Å². The molecule has 0 radical (unpaired) electrons. The fourth-order valence-electron chi connectivity index (χ4n) is 3.46. The number of likely N-dealkylation sites (N-methyl/N-ethyl adjacent to an activating group) is 1. The number of nitrogens with zero attached hydrogens (tertiary/aromatic N) is 1. The molecule has 0 aliphatic carbocycles. The molecular formula is C16H36N2. The molecule has 1 atom stereocenters. The lowest BCUT2D eigenvalue weighted by Gasteiger charge is -2.48. The molecule has 0 aromatic rings. The first-order valence-corrected chi connectivity index (χ1v) is 7.94. The zero-order chi connectivity index (χ0) is 14.2. The van der Waals surface area contributed by atoms with Crippen LogP contribution in [0.3, 0.4) is 0 Å². The maximum Gasteiger partial charge on any atom is 0.0353 e. The van der Waals surface area contributed by atoms with E-state index in [1.165, 1.54) is 32.1 Å². The summed E-state index contributed by atoms with van der Waals surface area (Å²) in [6.45, 7) is 12.7. The van der Waals surface area contributed by atoms with E-state index in [0.29, 0.717) is 11.6 Å². The molecule has 2 nitrogen and oxygen atoms in total. The van der Waals surface area contributed by atoms with E-state index in [1.54, 1.807) is 0 Å². The molecule has 1 unspecified atom stereocenters. The molecule has 1 N–H and O–H groups in total. The lowest BCUT2D eigenvalue weighted by Crippen LogP contribution is -2.61. The molecule has 0 aliphatic heterocycles. The minimum Gasteiger partial charge on any atom is -0.312 e. The molecule has 0 aliphatic rings. The van der Waals surface area contributed by atoms with Gasteiger partial charge in [-0.2, -0.15) is 0 Å². The van der Waals surface area contributed by atoms with Gasteiger partial charge in [0, 0.05) is 11.6 Å². The molecular weight excluding hydrogens is 220 g/mol. The minimum absolute atomic E-state index is 0.297. The van der Waals surface area contributed by atoms with Crippen LogP contribution in [0.5, 0.6) is 0 Å². The van der Waals surface area contributed by atoms with Crippen LogP contribution in [0.2, 0.25) is 0 Å². The highest BCUT2D eigenvalue weighted by Gasteiger charge is 2.40. The Morgan fingerprint density at radius 3 is 1.72 bits per heavy atom. The van der Waals surface area contributed by atoms with Crippen molar-refractivity contribution < 1.29 is 0 Å². The Morgan fingerprint density at radius 1 is 0.944 bits per heavy atom. The topological polar surface area (TPSA) is 15.3 Å². The van der Waals surface area contributed by atoms with Crippen molar-refractivity contribution >= 4 is 0 Å². The summed E-state index contributed by atoms with van der Waals surface area (Å²) in [7, 11) is 4.49. The molecule has 0 bridgehead atoms. The number of hydrogen-bond donors (Lipinski definition) is 1. The van der Waals surface area contributed by atoms with E-state index >= 15 is 0 Å². The Kier molecular flexibility index (Phi) is 8.89. The molecule has 0 saturated heterocycles. The van der Waals surface area contributed by atoms with Crippen LogP contribution in [-0.4, -0.2) is 37.1 Å². The van der Waals surface area contributed by atoms with E-state index in [1.807, 2.05) is 0 Å². The van der Waals surface area contributed by atoms with Gasteiger partial charge in [0.05, 0.1) is 0 Å². The largest absolute Gasteiger partial charge is 0.312 e. The second kappa shape index (κ2) is 8.92. The van der Waals surface area contributed by atoms with Crippen LogP contribution in [0.15, 0.2) is 0 Å². The van der Waals surface area contributed by atoms with Gasteiger partial charge in [-0.3, -0.25) is 0 Å². The Morgan fingerprint density at radius 2 is 1.44 bits per heavy atom. The van der Waals surface area contributed by atoms with E-state index < -0.39 is 0 Å². The van der Waals surface area contributed by atoms with Gasteiger partial charge in [0.15, 0.2) is 0 Å². The summed E-state index contributed by atoms with van der Waals surface area (Å²) in [4.78, 5) is 2.46. The highest BCUT2D eigenvalue weighted by molar-refractivity contribution is 4.99. The quantitative estimate of drug-likeness (QED) is 0.637. The molecule has 18 heavy (non-hydrogen) atoms. The molecule has 110 valence electrons. The standard InChI is InChI=1S/C16H36N2/c1-8-13-17-15(14(9-2)10-3)16(11-4,12-5)18(6)7/h14-15,17H,8-13H2,1-7H3. The Labute approximate surface area is 116 Å². The van der Waals surface area contributed by atoms with Crippen LogP contribution in [-0.2, 0) is 0 Å². The van der Waals surface area contributed by atoms with Crippen molar-refractivity contribution in [1.82, 2.24) is 10.2 Å².